The van der Waals surface area contributed by atoms with Crippen LogP contribution in [0.25, 0.3) is 11.0 Å². The van der Waals surface area contributed by atoms with Crippen molar-refractivity contribution < 1.29 is 4.74 Å². The Labute approximate surface area is 124 Å². The Hall–Kier alpha value is -1.71. The average molecular weight is 283 g/mol. The first kappa shape index (κ1) is 11.9. The summed E-state index contributed by atoms with van der Waals surface area (Å²) in [4.78, 5) is 4.61. The minimum Gasteiger partial charge on any atom is -0.492 e. The Kier molecular flexibility index (Phi) is 2.23. The van der Waals surface area contributed by atoms with Crippen LogP contribution in [0.5, 0.6) is 5.75 Å². The van der Waals surface area contributed by atoms with Crippen molar-refractivity contribution in [3.05, 3.63) is 18.2 Å². The third-order valence-electron chi connectivity index (χ3n) is 6.00. The van der Waals surface area contributed by atoms with E-state index < -0.39 is 0 Å². The maximum atomic E-state index is 6.27. The molecule has 4 atom stereocenters. The van der Waals surface area contributed by atoms with E-state index in [0.29, 0.717) is 18.6 Å². The van der Waals surface area contributed by atoms with Crippen molar-refractivity contribution >= 4 is 17.0 Å². The molecule has 4 nitrogen and oxygen atoms in total. The number of fused-ring (bicyclic) bond motifs is 6. The standard InChI is InChI=1S/C17H21N3O/c1-2-21-12-5-3-4-11-15(12)19-17(18)20(11)16-13-9-6-7-10(8-9)14(13)16/h3-5,9-10,13-14,16H,2,6-8H2,1H3,(H2,18,19). The second kappa shape index (κ2) is 3.93. The molecule has 3 fully saturated rings. The van der Waals surface area contributed by atoms with Crippen molar-refractivity contribution in [1.82, 2.24) is 9.55 Å². The summed E-state index contributed by atoms with van der Waals surface area (Å²) in [6, 6.07) is 6.77. The van der Waals surface area contributed by atoms with Crippen LogP contribution in [-0.2, 0) is 0 Å². The number of nitrogens with zero attached hydrogens (tertiary/aromatic N) is 2. The van der Waals surface area contributed by atoms with Gasteiger partial charge in [-0.25, -0.2) is 4.98 Å². The molecule has 2 bridgehead atoms. The third-order valence-corrected chi connectivity index (χ3v) is 6.00. The van der Waals surface area contributed by atoms with Crippen LogP contribution in [0.4, 0.5) is 5.95 Å². The molecule has 4 unspecified atom stereocenters. The van der Waals surface area contributed by atoms with Crippen LogP contribution in [0, 0.1) is 23.7 Å². The Morgan fingerprint density at radius 1 is 1.29 bits per heavy atom. The van der Waals surface area contributed by atoms with Crippen LogP contribution in [0.2, 0.25) is 0 Å². The van der Waals surface area contributed by atoms with Gasteiger partial charge in [0.2, 0.25) is 5.95 Å². The van der Waals surface area contributed by atoms with Crippen LogP contribution in [-0.4, -0.2) is 16.2 Å². The Morgan fingerprint density at radius 3 is 2.76 bits per heavy atom. The number of hydrogen-bond acceptors (Lipinski definition) is 3. The quantitative estimate of drug-likeness (QED) is 0.941. The summed E-state index contributed by atoms with van der Waals surface area (Å²) in [6.07, 6.45) is 4.32. The maximum Gasteiger partial charge on any atom is 0.201 e. The summed E-state index contributed by atoms with van der Waals surface area (Å²) >= 11 is 0. The lowest BCUT2D eigenvalue weighted by Crippen LogP contribution is -2.08. The third kappa shape index (κ3) is 1.43. The van der Waals surface area contributed by atoms with Crippen molar-refractivity contribution in [2.75, 3.05) is 12.3 Å². The SMILES string of the molecule is CCOc1cccc2c1nc(N)n2C1C2C3CCC(C3)C21. The highest BCUT2D eigenvalue weighted by Crippen LogP contribution is 2.72. The molecule has 3 aliphatic carbocycles. The van der Waals surface area contributed by atoms with Gasteiger partial charge in [-0.05, 0) is 62.0 Å². The van der Waals surface area contributed by atoms with Crippen LogP contribution in [0.15, 0.2) is 18.2 Å². The van der Waals surface area contributed by atoms with Crippen molar-refractivity contribution in [3.8, 4) is 5.75 Å². The Balaban J connectivity index is 1.61. The summed E-state index contributed by atoms with van der Waals surface area (Å²) in [5.74, 6) is 5.12. The van der Waals surface area contributed by atoms with Gasteiger partial charge in [0.05, 0.1) is 12.1 Å². The van der Waals surface area contributed by atoms with E-state index in [9.17, 15) is 0 Å². The molecule has 4 heteroatoms. The zero-order valence-corrected chi connectivity index (χ0v) is 12.3. The van der Waals surface area contributed by atoms with E-state index in [-0.39, 0.29) is 0 Å². The number of hydrogen-bond donors (Lipinski definition) is 1. The van der Waals surface area contributed by atoms with Gasteiger partial charge >= 0.3 is 0 Å². The minimum absolute atomic E-state index is 0.595. The average Bonchev–Trinajstić information content (AvgIpc) is 2.83. The minimum atomic E-state index is 0.595. The summed E-state index contributed by atoms with van der Waals surface area (Å²) in [5.41, 5.74) is 8.35. The summed E-state index contributed by atoms with van der Waals surface area (Å²) in [5, 5.41) is 0. The van der Waals surface area contributed by atoms with Gasteiger partial charge in [-0.2, -0.15) is 0 Å². The van der Waals surface area contributed by atoms with Crippen LogP contribution >= 0.6 is 0 Å². The monoisotopic (exact) mass is 283 g/mol. The van der Waals surface area contributed by atoms with Gasteiger partial charge in [-0.1, -0.05) is 6.07 Å². The van der Waals surface area contributed by atoms with Gasteiger partial charge in [-0.15, -0.1) is 0 Å². The number of para-hydroxylation sites is 1. The molecule has 0 amide bonds. The highest BCUT2D eigenvalue weighted by atomic mass is 16.5. The maximum absolute atomic E-state index is 6.27. The number of benzene rings is 1. The lowest BCUT2D eigenvalue weighted by Gasteiger charge is -2.12. The van der Waals surface area contributed by atoms with E-state index in [1.807, 2.05) is 13.0 Å². The highest BCUT2D eigenvalue weighted by Gasteiger charge is 2.66. The summed E-state index contributed by atoms with van der Waals surface area (Å²) in [6.45, 7) is 2.66. The molecular formula is C17H21N3O. The van der Waals surface area contributed by atoms with Gasteiger partial charge in [0.15, 0.2) is 0 Å². The molecule has 1 heterocycles. The first-order chi connectivity index (χ1) is 10.3. The lowest BCUT2D eigenvalue weighted by atomic mass is 10.0. The molecular weight excluding hydrogens is 262 g/mol. The van der Waals surface area contributed by atoms with E-state index in [0.717, 1.165) is 40.5 Å². The van der Waals surface area contributed by atoms with Crippen molar-refractivity contribution in [3.63, 3.8) is 0 Å². The first-order valence-electron chi connectivity index (χ1n) is 8.18. The van der Waals surface area contributed by atoms with Crippen LogP contribution < -0.4 is 10.5 Å². The first-order valence-corrected chi connectivity index (χ1v) is 8.18. The molecule has 3 aliphatic rings. The van der Waals surface area contributed by atoms with E-state index >= 15 is 0 Å². The van der Waals surface area contributed by atoms with E-state index in [2.05, 4.69) is 21.7 Å². The van der Waals surface area contributed by atoms with Crippen LogP contribution in [0.3, 0.4) is 0 Å². The predicted molar refractivity (Wildman–Crippen MR) is 82.2 cm³/mol. The van der Waals surface area contributed by atoms with Gasteiger partial charge in [0, 0.05) is 6.04 Å². The number of nitrogens with two attached hydrogens (primary N) is 1. The number of imidazole rings is 1. The number of nitrogen functional groups attached to an aromatic ring is 1. The fourth-order valence-corrected chi connectivity index (χ4v) is 5.32. The molecule has 0 saturated heterocycles. The molecule has 1 aromatic carbocycles. The molecule has 2 N–H and O–H groups in total. The van der Waals surface area contributed by atoms with Crippen molar-refractivity contribution in [1.29, 1.82) is 0 Å². The number of ether oxygens (including phenoxy) is 1. The van der Waals surface area contributed by atoms with Gasteiger partial charge in [-0.3, -0.25) is 0 Å². The normalized spacial score (nSPS) is 36.1. The van der Waals surface area contributed by atoms with Crippen molar-refractivity contribution in [2.24, 2.45) is 23.7 Å². The topological polar surface area (TPSA) is 53.1 Å². The second-order valence-corrected chi connectivity index (χ2v) is 6.88. The molecule has 0 aliphatic heterocycles. The van der Waals surface area contributed by atoms with E-state index in [1.54, 1.807) is 0 Å². The molecule has 5 rings (SSSR count). The van der Waals surface area contributed by atoms with Crippen LogP contribution in [0.1, 0.15) is 32.2 Å². The highest BCUT2D eigenvalue weighted by molar-refractivity contribution is 5.84. The number of aromatic nitrogens is 2. The molecule has 110 valence electrons. The van der Waals surface area contributed by atoms with Crippen molar-refractivity contribution in [2.45, 2.75) is 32.2 Å². The van der Waals surface area contributed by atoms with E-state index in [4.69, 9.17) is 10.5 Å². The van der Waals surface area contributed by atoms with Gasteiger partial charge in [0.1, 0.15) is 11.3 Å². The van der Waals surface area contributed by atoms with Gasteiger partial charge in [0.25, 0.3) is 0 Å². The number of rotatable bonds is 3. The summed E-state index contributed by atoms with van der Waals surface area (Å²) in [7, 11) is 0. The second-order valence-electron chi connectivity index (χ2n) is 6.88. The fourth-order valence-electron chi connectivity index (χ4n) is 5.32. The van der Waals surface area contributed by atoms with E-state index in [1.165, 1.54) is 19.3 Å². The van der Waals surface area contributed by atoms with Gasteiger partial charge < -0.3 is 15.0 Å². The molecule has 21 heavy (non-hydrogen) atoms. The largest absolute Gasteiger partial charge is 0.492 e. The Bertz CT molecular complexity index is 706. The lowest BCUT2D eigenvalue weighted by molar-refractivity contribution is 0.343. The number of anilines is 1. The Morgan fingerprint density at radius 2 is 2.05 bits per heavy atom. The molecule has 2 aromatic rings. The smallest absolute Gasteiger partial charge is 0.201 e. The fraction of sp³-hybridized carbons (Fsp3) is 0.588. The summed E-state index contributed by atoms with van der Waals surface area (Å²) < 4.78 is 8.01. The molecule has 3 saturated carbocycles. The predicted octanol–water partition coefficient (Wildman–Crippen LogP) is 3.23. The molecule has 0 radical (unpaired) electrons. The zero-order valence-electron chi connectivity index (χ0n) is 12.3. The molecule has 1 aromatic heterocycles. The zero-order chi connectivity index (χ0) is 14.1. The molecule has 0 spiro atoms.